The van der Waals surface area contributed by atoms with Crippen molar-refractivity contribution in [3.05, 3.63) is 29.8 Å². The monoisotopic (exact) mass is 272 g/mol. The van der Waals surface area contributed by atoms with Gasteiger partial charge in [0.2, 0.25) is 5.91 Å². The number of esters is 1. The molecular weight excluding hydrogens is 258 g/mol. The molecule has 0 saturated carbocycles. The number of methoxy groups -OCH3 is 1. The molecule has 0 fully saturated rings. The average molecular weight is 272 g/mol. The van der Waals surface area contributed by atoms with Crippen LogP contribution in [-0.2, 0) is 14.3 Å². The third-order valence-electron chi connectivity index (χ3n) is 2.24. The Bertz CT molecular complexity index is 480. The SMILES string of the molecule is COC(=O)CN(C)CC(=O)Nc1ccc(F)c(F)c1. The lowest BCUT2D eigenvalue weighted by Crippen LogP contribution is -2.34. The molecule has 1 aromatic rings. The highest BCUT2D eigenvalue weighted by Crippen LogP contribution is 2.12. The Morgan fingerprint density at radius 3 is 2.53 bits per heavy atom. The minimum atomic E-state index is -1.04. The van der Waals surface area contributed by atoms with Crippen LogP contribution < -0.4 is 5.32 Å². The van der Waals surface area contributed by atoms with Gasteiger partial charge in [-0.25, -0.2) is 8.78 Å². The Kier molecular flexibility index (Phi) is 5.37. The van der Waals surface area contributed by atoms with Gasteiger partial charge in [-0.2, -0.15) is 0 Å². The second kappa shape index (κ2) is 6.79. The highest BCUT2D eigenvalue weighted by molar-refractivity contribution is 5.92. The van der Waals surface area contributed by atoms with Gasteiger partial charge in [0.25, 0.3) is 0 Å². The molecule has 1 amide bonds. The van der Waals surface area contributed by atoms with E-state index in [4.69, 9.17) is 0 Å². The maximum Gasteiger partial charge on any atom is 0.319 e. The molecule has 0 bridgehead atoms. The number of anilines is 1. The number of nitrogens with zero attached hydrogens (tertiary/aromatic N) is 1. The van der Waals surface area contributed by atoms with Crippen molar-refractivity contribution in [2.45, 2.75) is 0 Å². The standard InChI is InChI=1S/C12H14F2N2O3/c1-16(7-12(18)19-2)6-11(17)15-8-3-4-9(13)10(14)5-8/h3-5H,6-7H2,1-2H3,(H,15,17). The van der Waals surface area contributed by atoms with Gasteiger partial charge >= 0.3 is 5.97 Å². The van der Waals surface area contributed by atoms with Crippen molar-refractivity contribution in [1.82, 2.24) is 4.90 Å². The second-order valence-corrected chi connectivity index (χ2v) is 3.93. The first-order valence-corrected chi connectivity index (χ1v) is 5.42. The molecule has 19 heavy (non-hydrogen) atoms. The Hall–Kier alpha value is -2.02. The molecule has 0 aliphatic rings. The molecule has 1 N–H and O–H groups in total. The molecule has 1 aromatic carbocycles. The van der Waals surface area contributed by atoms with Crippen LogP contribution in [0, 0.1) is 11.6 Å². The van der Waals surface area contributed by atoms with E-state index in [2.05, 4.69) is 10.1 Å². The van der Waals surface area contributed by atoms with Gasteiger partial charge in [-0.05, 0) is 19.2 Å². The van der Waals surface area contributed by atoms with Gasteiger partial charge < -0.3 is 10.1 Å². The highest BCUT2D eigenvalue weighted by Gasteiger charge is 2.11. The summed E-state index contributed by atoms with van der Waals surface area (Å²) < 4.78 is 30.0. The number of ether oxygens (including phenoxy) is 1. The van der Waals surface area contributed by atoms with E-state index in [1.807, 2.05) is 0 Å². The molecule has 0 aliphatic carbocycles. The van der Waals surface area contributed by atoms with E-state index < -0.39 is 23.5 Å². The maximum absolute atomic E-state index is 12.9. The molecule has 104 valence electrons. The summed E-state index contributed by atoms with van der Waals surface area (Å²) in [6, 6.07) is 3.05. The summed E-state index contributed by atoms with van der Waals surface area (Å²) in [5, 5.41) is 2.39. The van der Waals surface area contributed by atoms with Crippen molar-refractivity contribution in [3.8, 4) is 0 Å². The Morgan fingerprint density at radius 1 is 1.26 bits per heavy atom. The van der Waals surface area contributed by atoms with Crippen LogP contribution in [0.2, 0.25) is 0 Å². The van der Waals surface area contributed by atoms with Crippen molar-refractivity contribution in [3.63, 3.8) is 0 Å². The molecule has 0 saturated heterocycles. The summed E-state index contributed by atoms with van der Waals surface area (Å²) in [7, 11) is 2.80. The summed E-state index contributed by atoms with van der Waals surface area (Å²) in [6.45, 7) is -0.115. The first kappa shape index (κ1) is 15.0. The van der Waals surface area contributed by atoms with Crippen LogP contribution in [0.5, 0.6) is 0 Å². The topological polar surface area (TPSA) is 58.6 Å². The first-order chi connectivity index (χ1) is 8.92. The quantitative estimate of drug-likeness (QED) is 0.813. The summed E-state index contributed by atoms with van der Waals surface area (Å²) in [5.41, 5.74) is 0.148. The number of rotatable bonds is 5. The Labute approximate surface area is 109 Å². The predicted octanol–water partition coefficient (Wildman–Crippen LogP) is 1.01. The number of halogens is 2. The number of hydrogen-bond acceptors (Lipinski definition) is 4. The third kappa shape index (κ3) is 5.01. The lowest BCUT2D eigenvalue weighted by atomic mass is 10.3. The van der Waals surface area contributed by atoms with Crippen molar-refractivity contribution in [2.75, 3.05) is 32.6 Å². The second-order valence-electron chi connectivity index (χ2n) is 3.93. The molecule has 0 heterocycles. The van der Waals surface area contributed by atoms with E-state index >= 15 is 0 Å². The normalized spacial score (nSPS) is 10.4. The fourth-order valence-corrected chi connectivity index (χ4v) is 1.36. The average Bonchev–Trinajstić information content (AvgIpc) is 2.33. The molecule has 0 aliphatic heterocycles. The number of hydrogen-bond donors (Lipinski definition) is 1. The minimum Gasteiger partial charge on any atom is -0.468 e. The van der Waals surface area contributed by atoms with Crippen LogP contribution in [0.3, 0.4) is 0 Å². The zero-order valence-corrected chi connectivity index (χ0v) is 10.6. The van der Waals surface area contributed by atoms with Crippen LogP contribution in [-0.4, -0.2) is 44.0 Å². The summed E-state index contributed by atoms with van der Waals surface area (Å²) in [5.74, 6) is -2.94. The van der Waals surface area contributed by atoms with Gasteiger partial charge in [-0.1, -0.05) is 0 Å². The molecule has 0 spiro atoms. The fraction of sp³-hybridized carbons (Fsp3) is 0.333. The summed E-state index contributed by atoms with van der Waals surface area (Å²) in [6.07, 6.45) is 0. The molecule has 7 heteroatoms. The number of likely N-dealkylation sites (N-methyl/N-ethyl adjacent to an activating group) is 1. The lowest BCUT2D eigenvalue weighted by molar-refractivity contribution is -0.141. The van der Waals surface area contributed by atoms with Crippen LogP contribution in [0.1, 0.15) is 0 Å². The van der Waals surface area contributed by atoms with Crippen molar-refractivity contribution < 1.29 is 23.1 Å². The largest absolute Gasteiger partial charge is 0.468 e. The zero-order valence-electron chi connectivity index (χ0n) is 10.6. The van der Waals surface area contributed by atoms with Gasteiger partial charge in [0.1, 0.15) is 0 Å². The molecule has 0 radical (unpaired) electrons. The summed E-state index contributed by atoms with van der Waals surface area (Å²) in [4.78, 5) is 24.0. The van der Waals surface area contributed by atoms with E-state index in [0.717, 1.165) is 12.1 Å². The molecular formula is C12H14F2N2O3. The maximum atomic E-state index is 12.9. The lowest BCUT2D eigenvalue weighted by Gasteiger charge is -2.14. The molecule has 0 atom stereocenters. The van der Waals surface area contributed by atoms with E-state index in [1.165, 1.54) is 18.1 Å². The number of carbonyl (C=O) groups is 2. The van der Waals surface area contributed by atoms with Crippen LogP contribution in [0.25, 0.3) is 0 Å². The van der Waals surface area contributed by atoms with Gasteiger partial charge in [-0.15, -0.1) is 0 Å². The van der Waals surface area contributed by atoms with Gasteiger partial charge in [0.05, 0.1) is 20.2 Å². The minimum absolute atomic E-state index is 0.0400. The first-order valence-electron chi connectivity index (χ1n) is 5.42. The number of amides is 1. The van der Waals surface area contributed by atoms with Crippen LogP contribution in [0.15, 0.2) is 18.2 Å². The van der Waals surface area contributed by atoms with E-state index in [9.17, 15) is 18.4 Å². The smallest absolute Gasteiger partial charge is 0.319 e. The number of benzene rings is 1. The number of nitrogens with one attached hydrogen (secondary N) is 1. The predicted molar refractivity (Wildman–Crippen MR) is 64.5 cm³/mol. The Morgan fingerprint density at radius 2 is 1.95 bits per heavy atom. The number of carbonyl (C=O) groups excluding carboxylic acids is 2. The molecule has 1 rings (SSSR count). The molecule has 0 aromatic heterocycles. The fourth-order valence-electron chi connectivity index (χ4n) is 1.36. The Balaban J connectivity index is 2.50. The van der Waals surface area contributed by atoms with Crippen molar-refractivity contribution in [2.24, 2.45) is 0 Å². The summed E-state index contributed by atoms with van der Waals surface area (Å²) >= 11 is 0. The van der Waals surface area contributed by atoms with Crippen molar-refractivity contribution >= 4 is 17.6 Å². The van der Waals surface area contributed by atoms with E-state index in [0.29, 0.717) is 0 Å². The molecule has 5 nitrogen and oxygen atoms in total. The van der Waals surface area contributed by atoms with Gasteiger partial charge in [0.15, 0.2) is 11.6 Å². The van der Waals surface area contributed by atoms with Gasteiger partial charge in [-0.3, -0.25) is 14.5 Å². The van der Waals surface area contributed by atoms with E-state index in [1.54, 1.807) is 7.05 Å². The van der Waals surface area contributed by atoms with Gasteiger partial charge in [0, 0.05) is 11.8 Å². The highest BCUT2D eigenvalue weighted by atomic mass is 19.2. The third-order valence-corrected chi connectivity index (χ3v) is 2.24. The molecule has 0 unspecified atom stereocenters. The van der Waals surface area contributed by atoms with Crippen molar-refractivity contribution in [1.29, 1.82) is 0 Å². The van der Waals surface area contributed by atoms with Crippen LogP contribution in [0.4, 0.5) is 14.5 Å². The van der Waals surface area contributed by atoms with Crippen LogP contribution >= 0.6 is 0 Å². The van der Waals surface area contributed by atoms with E-state index in [-0.39, 0.29) is 18.8 Å². The zero-order chi connectivity index (χ0) is 14.4.